The summed E-state index contributed by atoms with van der Waals surface area (Å²) in [5.74, 6) is -2.94. The summed E-state index contributed by atoms with van der Waals surface area (Å²) in [5.41, 5.74) is 1.51. The molecule has 1 spiro atoms. The monoisotopic (exact) mass is 643 g/mol. The normalized spacial score (nSPS) is 35.2. The minimum Gasteiger partial charge on any atom is -0.482 e. The van der Waals surface area contributed by atoms with E-state index in [0.717, 1.165) is 52.0 Å². The van der Waals surface area contributed by atoms with Crippen molar-refractivity contribution in [3.8, 4) is 11.5 Å². The Bertz CT molecular complexity index is 1490. The molecule has 0 radical (unpaired) electrons. The highest BCUT2D eigenvalue weighted by atomic mass is 16.7. The van der Waals surface area contributed by atoms with Crippen molar-refractivity contribution in [3.05, 3.63) is 35.4 Å². The van der Waals surface area contributed by atoms with Crippen molar-refractivity contribution in [2.45, 2.75) is 94.9 Å². The van der Waals surface area contributed by atoms with Gasteiger partial charge in [-0.2, -0.15) is 0 Å². The standard InChI is InChI=1S/C32H37NO13/c1-14(34)40-21-9-7-18-13-20-19-8-10-22(29-32(19,11-12-33(20)5)23(18)24(21)45-29)44-31-28(43-17(4)37)26(42-16(3)36)25(41-15(2)35)27(46-31)30(38)39-6/h7-10,19-20,22,25-29,31H,11-13H2,1-6H3/t19?,20-,22+,25+,26+,27+,28-,29+,31-,32+/m1/s1. The first-order valence-electron chi connectivity index (χ1n) is 15.2. The van der Waals surface area contributed by atoms with Crippen molar-refractivity contribution in [2.24, 2.45) is 5.92 Å². The number of methoxy groups -OCH3 is 1. The molecular weight excluding hydrogens is 606 g/mol. The minimum absolute atomic E-state index is 0.0407. The second-order valence-corrected chi connectivity index (χ2v) is 12.3. The molecule has 2 bridgehead atoms. The maximum atomic E-state index is 12.9. The van der Waals surface area contributed by atoms with E-state index in [-0.39, 0.29) is 12.0 Å². The Balaban J connectivity index is 1.42. The quantitative estimate of drug-likeness (QED) is 0.180. The van der Waals surface area contributed by atoms with Crippen LogP contribution in [0.4, 0.5) is 0 Å². The number of esters is 5. The Labute approximate surface area is 265 Å². The molecule has 2 aliphatic carbocycles. The van der Waals surface area contributed by atoms with E-state index in [4.69, 9.17) is 37.9 Å². The molecule has 248 valence electrons. The number of benzene rings is 1. The number of nitrogens with zero attached hydrogens (tertiary/aromatic N) is 1. The van der Waals surface area contributed by atoms with E-state index in [1.807, 2.05) is 12.1 Å². The van der Waals surface area contributed by atoms with Crippen molar-refractivity contribution in [3.63, 3.8) is 0 Å². The van der Waals surface area contributed by atoms with Crippen LogP contribution in [0.1, 0.15) is 45.2 Å². The fraction of sp³-hybridized carbons (Fsp3) is 0.594. The van der Waals surface area contributed by atoms with Crippen molar-refractivity contribution < 1.29 is 61.9 Å². The molecule has 2 saturated heterocycles. The van der Waals surface area contributed by atoms with Gasteiger partial charge in [-0.1, -0.05) is 18.2 Å². The molecule has 1 aromatic carbocycles. The van der Waals surface area contributed by atoms with Crippen LogP contribution in [0.2, 0.25) is 0 Å². The van der Waals surface area contributed by atoms with Gasteiger partial charge in [0.25, 0.3) is 0 Å². The van der Waals surface area contributed by atoms with Crippen molar-refractivity contribution in [2.75, 3.05) is 20.7 Å². The molecule has 1 aromatic rings. The van der Waals surface area contributed by atoms with Crippen LogP contribution in [0.25, 0.3) is 0 Å². The van der Waals surface area contributed by atoms with Crippen LogP contribution >= 0.6 is 0 Å². The number of piperidine rings is 1. The van der Waals surface area contributed by atoms with E-state index < -0.39 is 78.2 Å². The summed E-state index contributed by atoms with van der Waals surface area (Å²) in [4.78, 5) is 64.0. The molecule has 0 N–H and O–H groups in total. The minimum atomic E-state index is -1.60. The average molecular weight is 644 g/mol. The summed E-state index contributed by atoms with van der Waals surface area (Å²) < 4.78 is 46.2. The number of ether oxygens (including phenoxy) is 8. The number of hydrogen-bond acceptors (Lipinski definition) is 14. The van der Waals surface area contributed by atoms with Gasteiger partial charge in [-0.15, -0.1) is 0 Å². The summed E-state index contributed by atoms with van der Waals surface area (Å²) in [6, 6.07) is 3.89. The zero-order valence-electron chi connectivity index (χ0n) is 26.4. The third-order valence-corrected chi connectivity index (χ3v) is 9.49. The third kappa shape index (κ3) is 5.21. The molecule has 2 fully saturated rings. The highest BCUT2D eigenvalue weighted by molar-refractivity contribution is 5.77. The summed E-state index contributed by atoms with van der Waals surface area (Å²) in [7, 11) is 3.22. The van der Waals surface area contributed by atoms with Gasteiger partial charge in [-0.25, -0.2) is 4.79 Å². The average Bonchev–Trinajstić information content (AvgIpc) is 3.33. The Morgan fingerprint density at radius 3 is 2.22 bits per heavy atom. The van der Waals surface area contributed by atoms with Crippen LogP contribution < -0.4 is 9.47 Å². The molecular formula is C32H37NO13. The van der Waals surface area contributed by atoms with Gasteiger partial charge in [0.2, 0.25) is 6.29 Å². The first-order chi connectivity index (χ1) is 21.8. The van der Waals surface area contributed by atoms with E-state index in [9.17, 15) is 24.0 Å². The first-order valence-corrected chi connectivity index (χ1v) is 15.2. The van der Waals surface area contributed by atoms with E-state index in [1.165, 1.54) is 6.92 Å². The molecule has 5 aliphatic rings. The second-order valence-electron chi connectivity index (χ2n) is 12.3. The van der Waals surface area contributed by atoms with Crippen LogP contribution in [0, 0.1) is 5.92 Å². The molecule has 14 heteroatoms. The number of likely N-dealkylation sites (tertiary alicyclic amines) is 1. The molecule has 46 heavy (non-hydrogen) atoms. The highest BCUT2D eigenvalue weighted by Crippen LogP contribution is 2.63. The molecule has 6 rings (SSSR count). The summed E-state index contributed by atoms with van der Waals surface area (Å²) in [6.07, 6.45) is -3.61. The Kier molecular flexibility index (Phi) is 8.32. The lowest BCUT2D eigenvalue weighted by Gasteiger charge is -2.57. The summed E-state index contributed by atoms with van der Waals surface area (Å²) >= 11 is 0. The van der Waals surface area contributed by atoms with Gasteiger partial charge in [-0.05, 0) is 38.1 Å². The number of hydrogen-bond donors (Lipinski definition) is 0. The van der Waals surface area contributed by atoms with Crippen LogP contribution in [0.3, 0.4) is 0 Å². The highest BCUT2D eigenvalue weighted by Gasteiger charge is 2.66. The lowest BCUT2D eigenvalue weighted by molar-refractivity contribution is -0.313. The number of carbonyl (C=O) groups excluding carboxylic acids is 5. The lowest BCUT2D eigenvalue weighted by atomic mass is 9.53. The number of rotatable bonds is 7. The fourth-order valence-electron chi connectivity index (χ4n) is 7.91. The third-order valence-electron chi connectivity index (χ3n) is 9.49. The topological polar surface area (TPSA) is 162 Å². The smallest absolute Gasteiger partial charge is 0.339 e. The van der Waals surface area contributed by atoms with E-state index in [0.29, 0.717) is 17.9 Å². The Hall–Kier alpha value is -4.01. The summed E-state index contributed by atoms with van der Waals surface area (Å²) in [5, 5.41) is 0. The second kappa shape index (κ2) is 12.0. The predicted molar refractivity (Wildman–Crippen MR) is 153 cm³/mol. The molecule has 3 aliphatic heterocycles. The molecule has 0 saturated carbocycles. The molecule has 1 unspecified atom stereocenters. The van der Waals surface area contributed by atoms with Gasteiger partial charge in [0.15, 0.2) is 35.9 Å². The van der Waals surface area contributed by atoms with Crippen molar-refractivity contribution >= 4 is 29.8 Å². The molecule has 0 amide bonds. The van der Waals surface area contributed by atoms with Crippen LogP contribution in [0.15, 0.2) is 24.3 Å². The van der Waals surface area contributed by atoms with Gasteiger partial charge >= 0.3 is 29.8 Å². The van der Waals surface area contributed by atoms with Gasteiger partial charge in [0, 0.05) is 50.6 Å². The van der Waals surface area contributed by atoms with Crippen molar-refractivity contribution in [1.29, 1.82) is 0 Å². The van der Waals surface area contributed by atoms with Crippen LogP contribution in [-0.4, -0.2) is 104 Å². The zero-order chi connectivity index (χ0) is 33.1. The number of carbonyl (C=O) groups is 5. The molecule has 0 aromatic heterocycles. The van der Waals surface area contributed by atoms with Gasteiger partial charge < -0.3 is 42.8 Å². The summed E-state index contributed by atoms with van der Waals surface area (Å²) in [6.45, 7) is 5.48. The predicted octanol–water partition coefficient (Wildman–Crippen LogP) is 1.14. The Morgan fingerprint density at radius 1 is 0.891 bits per heavy atom. The molecule has 10 atom stereocenters. The van der Waals surface area contributed by atoms with E-state index >= 15 is 0 Å². The van der Waals surface area contributed by atoms with Crippen LogP contribution in [-0.2, 0) is 64.2 Å². The molecule has 3 heterocycles. The van der Waals surface area contributed by atoms with Gasteiger partial charge in [-0.3, -0.25) is 19.2 Å². The largest absolute Gasteiger partial charge is 0.482 e. The maximum Gasteiger partial charge on any atom is 0.339 e. The maximum absolute atomic E-state index is 12.9. The van der Waals surface area contributed by atoms with Gasteiger partial charge in [0.05, 0.1) is 7.11 Å². The van der Waals surface area contributed by atoms with Crippen LogP contribution in [0.5, 0.6) is 11.5 Å². The lowest BCUT2D eigenvalue weighted by Crippen LogP contribution is -2.67. The first kappa shape index (κ1) is 32.0. The van der Waals surface area contributed by atoms with E-state index in [1.54, 1.807) is 6.07 Å². The number of likely N-dealkylation sites (N-methyl/N-ethyl adjacent to an activating group) is 1. The fourth-order valence-corrected chi connectivity index (χ4v) is 7.91. The molecule has 14 nitrogen and oxygen atoms in total. The van der Waals surface area contributed by atoms with Gasteiger partial charge in [0.1, 0.15) is 12.2 Å². The SMILES string of the molecule is COC(=O)[C@H]1O[C@@H](O[C@H]2C=CC3[C@H]4Cc5ccc(OC(C)=O)c6c5[C@@]3(CCN4C)[C@H]2O6)[C@H](OC(C)=O)[C@@H](OC(C)=O)[C@@H]1OC(C)=O. The Morgan fingerprint density at radius 2 is 1.57 bits per heavy atom. The van der Waals surface area contributed by atoms with Crippen molar-refractivity contribution in [1.82, 2.24) is 4.90 Å². The van der Waals surface area contributed by atoms with E-state index in [2.05, 4.69) is 18.0 Å². The zero-order valence-corrected chi connectivity index (χ0v) is 26.4.